The second-order valence-corrected chi connectivity index (χ2v) is 9.15. The molecule has 0 saturated carbocycles. The van der Waals surface area contributed by atoms with Gasteiger partial charge in [-0.25, -0.2) is 4.99 Å². The van der Waals surface area contributed by atoms with Crippen LogP contribution in [-0.2, 0) is 6.54 Å². The van der Waals surface area contributed by atoms with E-state index in [0.29, 0.717) is 23.7 Å². The molecule has 6 heteroatoms. The van der Waals surface area contributed by atoms with Gasteiger partial charge in [-0.2, -0.15) is 0 Å². The second kappa shape index (κ2) is 12.0. The van der Waals surface area contributed by atoms with E-state index in [4.69, 9.17) is 16.6 Å². The van der Waals surface area contributed by atoms with Gasteiger partial charge in [0.15, 0.2) is 0 Å². The zero-order valence-electron chi connectivity index (χ0n) is 20.5. The molecule has 0 unspecified atom stereocenters. The standard InChI is InChI=1S/C29H33ClN4O/c1-3-33(4-2)29(35)25-12-10-24(11-13-25)28(31-27-16-14-26(30)15-17-27)34-20-18-32(19-21-34)22-23-8-6-5-7-9-23/h5-17H,3-4,18-22H2,1-2H3/b31-28-. The molecule has 182 valence electrons. The van der Waals surface area contributed by atoms with E-state index < -0.39 is 0 Å². The number of aliphatic imine (C=N–C) groups is 1. The highest BCUT2D eigenvalue weighted by molar-refractivity contribution is 6.30. The largest absolute Gasteiger partial charge is 0.354 e. The van der Waals surface area contributed by atoms with Crippen molar-refractivity contribution in [2.24, 2.45) is 4.99 Å². The summed E-state index contributed by atoms with van der Waals surface area (Å²) in [6.07, 6.45) is 0. The minimum absolute atomic E-state index is 0.0623. The highest BCUT2D eigenvalue weighted by atomic mass is 35.5. The predicted octanol–water partition coefficient (Wildman–Crippen LogP) is 5.72. The first kappa shape index (κ1) is 25.0. The number of piperazine rings is 1. The number of amidine groups is 1. The third-order valence-corrected chi connectivity index (χ3v) is 6.68. The van der Waals surface area contributed by atoms with E-state index >= 15 is 0 Å². The molecule has 4 rings (SSSR count). The Morgan fingerprint density at radius 2 is 1.43 bits per heavy atom. The number of halogens is 1. The number of carbonyl (C=O) groups excluding carboxylic acids is 1. The summed E-state index contributed by atoms with van der Waals surface area (Å²) in [5.74, 6) is 0.987. The van der Waals surface area contributed by atoms with Crippen molar-refractivity contribution in [2.45, 2.75) is 20.4 Å². The topological polar surface area (TPSA) is 39.2 Å². The summed E-state index contributed by atoms with van der Waals surface area (Å²) in [6.45, 7) is 10.1. The van der Waals surface area contributed by atoms with Crippen molar-refractivity contribution in [2.75, 3.05) is 39.3 Å². The van der Waals surface area contributed by atoms with Crippen molar-refractivity contribution in [3.05, 3.63) is 101 Å². The Labute approximate surface area is 213 Å². The molecule has 0 spiro atoms. The van der Waals surface area contributed by atoms with Gasteiger partial charge < -0.3 is 9.80 Å². The fourth-order valence-corrected chi connectivity index (χ4v) is 4.50. The highest BCUT2D eigenvalue weighted by Crippen LogP contribution is 2.21. The maximum Gasteiger partial charge on any atom is 0.253 e. The van der Waals surface area contributed by atoms with Crippen molar-refractivity contribution in [1.29, 1.82) is 0 Å². The van der Waals surface area contributed by atoms with E-state index in [1.807, 2.05) is 67.3 Å². The zero-order chi connectivity index (χ0) is 24.6. The smallest absolute Gasteiger partial charge is 0.253 e. The normalized spacial score (nSPS) is 14.7. The van der Waals surface area contributed by atoms with Crippen LogP contribution in [0.5, 0.6) is 0 Å². The Morgan fingerprint density at radius 1 is 0.829 bits per heavy atom. The molecular formula is C29H33ClN4O. The van der Waals surface area contributed by atoms with Crippen LogP contribution in [0, 0.1) is 0 Å². The summed E-state index contributed by atoms with van der Waals surface area (Å²) >= 11 is 6.09. The van der Waals surface area contributed by atoms with Crippen LogP contribution in [0.2, 0.25) is 5.02 Å². The molecule has 0 bridgehead atoms. The van der Waals surface area contributed by atoms with Crippen molar-refractivity contribution >= 4 is 29.0 Å². The lowest BCUT2D eigenvalue weighted by Gasteiger charge is -2.36. The molecule has 0 N–H and O–H groups in total. The third-order valence-electron chi connectivity index (χ3n) is 6.42. The van der Waals surface area contributed by atoms with E-state index in [2.05, 4.69) is 40.1 Å². The Balaban J connectivity index is 1.54. The van der Waals surface area contributed by atoms with Crippen LogP contribution in [0.1, 0.15) is 35.3 Å². The van der Waals surface area contributed by atoms with Gasteiger partial charge in [0.1, 0.15) is 5.84 Å². The molecule has 35 heavy (non-hydrogen) atoms. The second-order valence-electron chi connectivity index (χ2n) is 8.72. The van der Waals surface area contributed by atoms with Gasteiger partial charge in [0.2, 0.25) is 0 Å². The van der Waals surface area contributed by atoms with E-state index in [0.717, 1.165) is 49.8 Å². The van der Waals surface area contributed by atoms with Crippen molar-refractivity contribution in [3.63, 3.8) is 0 Å². The van der Waals surface area contributed by atoms with Crippen molar-refractivity contribution in [3.8, 4) is 0 Å². The molecule has 1 heterocycles. The fraction of sp³-hybridized carbons (Fsp3) is 0.310. The maximum atomic E-state index is 12.8. The molecule has 1 aliphatic rings. The van der Waals surface area contributed by atoms with Crippen LogP contribution in [0.15, 0.2) is 83.9 Å². The molecule has 0 atom stereocenters. The molecule has 5 nitrogen and oxygen atoms in total. The molecule has 1 saturated heterocycles. The number of nitrogens with zero attached hydrogens (tertiary/aromatic N) is 4. The molecular weight excluding hydrogens is 456 g/mol. The highest BCUT2D eigenvalue weighted by Gasteiger charge is 2.22. The maximum absolute atomic E-state index is 12.8. The summed E-state index contributed by atoms with van der Waals surface area (Å²) in [7, 11) is 0. The Morgan fingerprint density at radius 3 is 2.03 bits per heavy atom. The number of benzene rings is 3. The van der Waals surface area contributed by atoms with E-state index in [1.165, 1.54) is 5.56 Å². The van der Waals surface area contributed by atoms with Crippen molar-refractivity contribution in [1.82, 2.24) is 14.7 Å². The van der Waals surface area contributed by atoms with Crippen LogP contribution >= 0.6 is 11.6 Å². The van der Waals surface area contributed by atoms with Gasteiger partial charge in [-0.15, -0.1) is 0 Å². The SMILES string of the molecule is CCN(CC)C(=O)c1ccc(/C(=N/c2ccc(Cl)cc2)N2CCN(Cc3ccccc3)CC2)cc1. The zero-order valence-corrected chi connectivity index (χ0v) is 21.3. The lowest BCUT2D eigenvalue weighted by molar-refractivity contribution is 0.0773. The fourth-order valence-electron chi connectivity index (χ4n) is 4.37. The average Bonchev–Trinajstić information content (AvgIpc) is 2.90. The third kappa shape index (κ3) is 6.50. The Hall–Kier alpha value is -3.15. The molecule has 0 radical (unpaired) electrons. The number of rotatable bonds is 7. The monoisotopic (exact) mass is 488 g/mol. The number of hydrogen-bond donors (Lipinski definition) is 0. The molecule has 0 aliphatic carbocycles. The van der Waals surface area contributed by atoms with E-state index in [-0.39, 0.29) is 5.91 Å². The Bertz CT molecular complexity index is 1120. The van der Waals surface area contributed by atoms with Gasteiger partial charge in [0.05, 0.1) is 5.69 Å². The van der Waals surface area contributed by atoms with Crippen LogP contribution < -0.4 is 0 Å². The minimum Gasteiger partial charge on any atom is -0.354 e. The summed E-state index contributed by atoms with van der Waals surface area (Å²) in [4.78, 5) is 24.4. The van der Waals surface area contributed by atoms with Crippen LogP contribution in [0.25, 0.3) is 0 Å². The predicted molar refractivity (Wildman–Crippen MR) is 145 cm³/mol. The van der Waals surface area contributed by atoms with Crippen LogP contribution in [0.3, 0.4) is 0 Å². The van der Waals surface area contributed by atoms with Gasteiger partial charge >= 0.3 is 0 Å². The summed E-state index contributed by atoms with van der Waals surface area (Å²) in [6, 6.07) is 26.1. The first-order valence-electron chi connectivity index (χ1n) is 12.3. The van der Waals surface area contributed by atoms with Gasteiger partial charge in [-0.05, 0) is 55.8 Å². The molecule has 1 fully saturated rings. The van der Waals surface area contributed by atoms with E-state index in [1.54, 1.807) is 0 Å². The summed E-state index contributed by atoms with van der Waals surface area (Å²) in [5.41, 5.74) is 3.91. The molecule has 3 aromatic rings. The Kier molecular flexibility index (Phi) is 8.56. The number of hydrogen-bond acceptors (Lipinski definition) is 3. The van der Waals surface area contributed by atoms with Gasteiger partial charge in [0, 0.05) is 62.0 Å². The number of amides is 1. The average molecular weight is 489 g/mol. The van der Waals surface area contributed by atoms with E-state index in [9.17, 15) is 4.79 Å². The van der Waals surface area contributed by atoms with Crippen molar-refractivity contribution < 1.29 is 4.79 Å². The first-order chi connectivity index (χ1) is 17.1. The molecule has 0 aromatic heterocycles. The quantitative estimate of drug-likeness (QED) is 0.315. The first-order valence-corrected chi connectivity index (χ1v) is 12.7. The van der Waals surface area contributed by atoms with Crippen LogP contribution in [-0.4, -0.2) is 65.7 Å². The van der Waals surface area contributed by atoms with Gasteiger partial charge in [-0.1, -0.05) is 54.1 Å². The molecule has 3 aromatic carbocycles. The minimum atomic E-state index is 0.0623. The summed E-state index contributed by atoms with van der Waals surface area (Å²) < 4.78 is 0. The van der Waals surface area contributed by atoms with Gasteiger partial charge in [0.25, 0.3) is 5.91 Å². The lowest BCUT2D eigenvalue weighted by Crippen LogP contribution is -2.48. The molecule has 1 amide bonds. The summed E-state index contributed by atoms with van der Waals surface area (Å²) in [5, 5.41) is 0.694. The lowest BCUT2D eigenvalue weighted by atomic mass is 10.1. The number of carbonyl (C=O) groups is 1. The molecule has 1 aliphatic heterocycles. The van der Waals surface area contributed by atoms with Crippen LogP contribution in [0.4, 0.5) is 5.69 Å². The van der Waals surface area contributed by atoms with Gasteiger partial charge in [-0.3, -0.25) is 9.69 Å².